The van der Waals surface area contributed by atoms with E-state index in [9.17, 15) is 4.79 Å². The molecule has 2 amide bonds. The predicted molar refractivity (Wildman–Crippen MR) is 57.7 cm³/mol. The standard InChI is InChI=1S/C8H14N6O/c1-10-6-4-7(14-5-13-6)11-2-3-12-8(9)15/h4-5H,2-3H2,1H3,(H3,9,12,15)(H2,10,11,13,14). The number of urea groups is 1. The summed E-state index contributed by atoms with van der Waals surface area (Å²) in [5, 5.41) is 8.37. The average Bonchev–Trinajstić information content (AvgIpc) is 2.24. The molecule has 0 radical (unpaired) electrons. The molecular formula is C8H14N6O. The summed E-state index contributed by atoms with van der Waals surface area (Å²) < 4.78 is 0. The largest absolute Gasteiger partial charge is 0.373 e. The van der Waals surface area contributed by atoms with Gasteiger partial charge in [-0.15, -0.1) is 0 Å². The van der Waals surface area contributed by atoms with Gasteiger partial charge in [-0.3, -0.25) is 0 Å². The Morgan fingerprint density at radius 1 is 1.40 bits per heavy atom. The maximum atomic E-state index is 10.4. The molecule has 0 saturated heterocycles. The zero-order valence-corrected chi connectivity index (χ0v) is 8.45. The van der Waals surface area contributed by atoms with Gasteiger partial charge in [0.05, 0.1) is 0 Å². The molecule has 7 heteroatoms. The Morgan fingerprint density at radius 3 is 2.80 bits per heavy atom. The summed E-state index contributed by atoms with van der Waals surface area (Å²) in [6, 6.07) is 1.24. The van der Waals surface area contributed by atoms with Crippen molar-refractivity contribution in [3.63, 3.8) is 0 Å². The highest BCUT2D eigenvalue weighted by atomic mass is 16.2. The van der Waals surface area contributed by atoms with Crippen molar-refractivity contribution in [2.24, 2.45) is 5.73 Å². The molecule has 7 nitrogen and oxygen atoms in total. The number of aromatic nitrogens is 2. The van der Waals surface area contributed by atoms with Gasteiger partial charge in [0, 0.05) is 26.2 Å². The number of nitrogens with one attached hydrogen (secondary N) is 3. The predicted octanol–water partition coefficient (Wildman–Crippen LogP) is -0.401. The normalized spacial score (nSPS) is 9.40. The number of anilines is 2. The minimum Gasteiger partial charge on any atom is -0.373 e. The van der Waals surface area contributed by atoms with Crippen molar-refractivity contribution >= 4 is 17.7 Å². The summed E-state index contributed by atoms with van der Waals surface area (Å²) in [5.74, 6) is 1.43. The quantitative estimate of drug-likeness (QED) is 0.495. The molecule has 1 rings (SSSR count). The van der Waals surface area contributed by atoms with Crippen molar-refractivity contribution in [3.8, 4) is 0 Å². The van der Waals surface area contributed by atoms with Crippen LogP contribution in [0, 0.1) is 0 Å². The number of amides is 2. The molecule has 0 atom stereocenters. The van der Waals surface area contributed by atoms with Crippen LogP contribution in [0.1, 0.15) is 0 Å². The molecule has 0 fully saturated rings. The van der Waals surface area contributed by atoms with Crippen molar-refractivity contribution in [1.29, 1.82) is 0 Å². The topological polar surface area (TPSA) is 105 Å². The molecule has 0 aliphatic carbocycles. The first-order valence-corrected chi connectivity index (χ1v) is 4.49. The molecule has 1 aromatic rings. The number of carbonyl (C=O) groups is 1. The molecule has 0 bridgehead atoms. The van der Waals surface area contributed by atoms with Gasteiger partial charge in [0.2, 0.25) is 0 Å². The van der Waals surface area contributed by atoms with Gasteiger partial charge >= 0.3 is 6.03 Å². The third-order valence-corrected chi connectivity index (χ3v) is 1.65. The van der Waals surface area contributed by atoms with Crippen molar-refractivity contribution < 1.29 is 4.79 Å². The third kappa shape index (κ3) is 4.12. The molecule has 0 unspecified atom stereocenters. The fraction of sp³-hybridized carbons (Fsp3) is 0.375. The summed E-state index contributed by atoms with van der Waals surface area (Å²) in [6.45, 7) is 1.01. The van der Waals surface area contributed by atoms with Crippen LogP contribution >= 0.6 is 0 Å². The fourth-order valence-corrected chi connectivity index (χ4v) is 0.967. The van der Waals surface area contributed by atoms with E-state index < -0.39 is 6.03 Å². The zero-order valence-electron chi connectivity index (χ0n) is 8.45. The minimum absolute atomic E-state index is 0.453. The number of nitrogens with zero attached hydrogens (tertiary/aromatic N) is 2. The van der Waals surface area contributed by atoms with E-state index >= 15 is 0 Å². The van der Waals surface area contributed by atoms with Gasteiger partial charge in [0.1, 0.15) is 18.0 Å². The number of hydrogen-bond acceptors (Lipinski definition) is 5. The lowest BCUT2D eigenvalue weighted by Crippen LogP contribution is -2.33. The van der Waals surface area contributed by atoms with Gasteiger partial charge in [-0.1, -0.05) is 0 Å². The van der Waals surface area contributed by atoms with Crippen LogP contribution in [0.3, 0.4) is 0 Å². The minimum atomic E-state index is -0.532. The average molecular weight is 210 g/mol. The first-order valence-electron chi connectivity index (χ1n) is 4.49. The van der Waals surface area contributed by atoms with Crippen molar-refractivity contribution in [2.75, 3.05) is 30.8 Å². The van der Waals surface area contributed by atoms with Gasteiger partial charge in [0.25, 0.3) is 0 Å². The molecule has 5 N–H and O–H groups in total. The van der Waals surface area contributed by atoms with Gasteiger partial charge in [-0.25, -0.2) is 14.8 Å². The molecule has 0 aliphatic heterocycles. The van der Waals surface area contributed by atoms with Gasteiger partial charge in [-0.2, -0.15) is 0 Å². The van der Waals surface area contributed by atoms with E-state index in [0.29, 0.717) is 18.9 Å². The number of nitrogens with two attached hydrogens (primary N) is 1. The summed E-state index contributed by atoms with van der Waals surface area (Å²) in [4.78, 5) is 18.3. The second-order valence-electron chi connectivity index (χ2n) is 2.76. The molecule has 1 aromatic heterocycles. The Kier molecular flexibility index (Phi) is 4.14. The number of primary amides is 1. The van der Waals surface area contributed by atoms with E-state index in [1.807, 2.05) is 0 Å². The van der Waals surface area contributed by atoms with E-state index in [4.69, 9.17) is 5.73 Å². The van der Waals surface area contributed by atoms with Crippen LogP contribution < -0.4 is 21.7 Å². The van der Waals surface area contributed by atoms with Crippen LogP contribution in [0.15, 0.2) is 12.4 Å². The van der Waals surface area contributed by atoms with Crippen LogP contribution in [0.5, 0.6) is 0 Å². The van der Waals surface area contributed by atoms with Crippen LogP contribution in [0.25, 0.3) is 0 Å². The maximum Gasteiger partial charge on any atom is 0.312 e. The molecule has 1 heterocycles. The molecule has 0 saturated carbocycles. The monoisotopic (exact) mass is 210 g/mol. The van der Waals surface area contributed by atoms with Crippen LogP contribution in [0.4, 0.5) is 16.4 Å². The van der Waals surface area contributed by atoms with Crippen LogP contribution in [0.2, 0.25) is 0 Å². The number of rotatable bonds is 5. The second-order valence-corrected chi connectivity index (χ2v) is 2.76. The van der Waals surface area contributed by atoms with Crippen LogP contribution in [-0.2, 0) is 0 Å². The van der Waals surface area contributed by atoms with Crippen molar-refractivity contribution in [3.05, 3.63) is 12.4 Å². The molecule has 15 heavy (non-hydrogen) atoms. The zero-order chi connectivity index (χ0) is 11.1. The highest BCUT2D eigenvalue weighted by Crippen LogP contribution is 2.06. The van der Waals surface area contributed by atoms with E-state index in [0.717, 1.165) is 5.82 Å². The first-order chi connectivity index (χ1) is 7.22. The molecule has 82 valence electrons. The molecule has 0 spiro atoms. The first kappa shape index (κ1) is 11.0. The molecular weight excluding hydrogens is 196 g/mol. The van der Waals surface area contributed by atoms with Gasteiger partial charge < -0.3 is 21.7 Å². The third-order valence-electron chi connectivity index (χ3n) is 1.65. The lowest BCUT2D eigenvalue weighted by Gasteiger charge is -2.06. The van der Waals surface area contributed by atoms with Gasteiger partial charge in [-0.05, 0) is 0 Å². The summed E-state index contributed by atoms with van der Waals surface area (Å²) in [6.07, 6.45) is 1.45. The van der Waals surface area contributed by atoms with Crippen molar-refractivity contribution in [1.82, 2.24) is 15.3 Å². The van der Waals surface area contributed by atoms with Crippen LogP contribution in [-0.4, -0.2) is 36.1 Å². The van der Waals surface area contributed by atoms with E-state index in [1.54, 1.807) is 13.1 Å². The number of carbonyl (C=O) groups excluding carboxylic acids is 1. The lowest BCUT2D eigenvalue weighted by molar-refractivity contribution is 0.249. The van der Waals surface area contributed by atoms with E-state index in [1.165, 1.54) is 6.33 Å². The van der Waals surface area contributed by atoms with E-state index in [2.05, 4.69) is 25.9 Å². The Bertz CT molecular complexity index is 329. The smallest absolute Gasteiger partial charge is 0.312 e. The summed E-state index contributed by atoms with van der Waals surface area (Å²) in [5.41, 5.74) is 4.90. The highest BCUT2D eigenvalue weighted by molar-refractivity contribution is 5.71. The maximum absolute atomic E-state index is 10.4. The second kappa shape index (κ2) is 5.63. The molecule has 0 aromatic carbocycles. The highest BCUT2D eigenvalue weighted by Gasteiger charge is 1.96. The Hall–Kier alpha value is -2.05. The lowest BCUT2D eigenvalue weighted by atomic mass is 10.5. The summed E-state index contributed by atoms with van der Waals surface area (Å²) in [7, 11) is 1.78. The Labute approximate surface area is 87.5 Å². The Balaban J connectivity index is 2.33. The molecule has 0 aliphatic rings. The SMILES string of the molecule is CNc1cc(NCCNC(N)=O)ncn1. The summed E-state index contributed by atoms with van der Waals surface area (Å²) >= 11 is 0. The van der Waals surface area contributed by atoms with Gasteiger partial charge in [0.15, 0.2) is 0 Å². The van der Waals surface area contributed by atoms with Crippen molar-refractivity contribution in [2.45, 2.75) is 0 Å². The number of hydrogen-bond donors (Lipinski definition) is 4. The Morgan fingerprint density at radius 2 is 2.13 bits per heavy atom. The fourth-order valence-electron chi connectivity index (χ4n) is 0.967. The van der Waals surface area contributed by atoms with E-state index in [-0.39, 0.29) is 0 Å².